The fourth-order valence-corrected chi connectivity index (χ4v) is 7.23. The number of ether oxygens (including phenoxy) is 2. The molecule has 0 radical (unpaired) electrons. The number of carbonyl (C=O) groups is 5. The van der Waals surface area contributed by atoms with Crippen LogP contribution in [0.4, 0.5) is 0 Å². The number of hydrogen-bond donors (Lipinski definition) is 7. The lowest BCUT2D eigenvalue weighted by atomic mass is 9.93. The number of rotatable bonds is 20. The number of likely N-dealkylation sites (N-methyl/N-ethyl adjacent to an activating group) is 1. The maximum absolute atomic E-state index is 14.4. The van der Waals surface area contributed by atoms with Crippen molar-refractivity contribution >= 4 is 29.5 Å². The van der Waals surface area contributed by atoms with Gasteiger partial charge in [0.05, 0.1) is 12.6 Å². The predicted molar refractivity (Wildman–Crippen MR) is 232 cm³/mol. The average molecular weight is 840 g/mol. The van der Waals surface area contributed by atoms with E-state index in [1.54, 1.807) is 36.4 Å². The van der Waals surface area contributed by atoms with Crippen LogP contribution in [0.3, 0.4) is 0 Å². The molecule has 0 spiro atoms. The van der Waals surface area contributed by atoms with Gasteiger partial charge in [-0.2, -0.15) is 5.26 Å². The van der Waals surface area contributed by atoms with Crippen molar-refractivity contribution in [2.75, 3.05) is 53.0 Å². The first-order chi connectivity index (χ1) is 29.4. The molecule has 3 aromatic rings. The van der Waals surface area contributed by atoms with Gasteiger partial charge in [-0.25, -0.2) is 0 Å². The third-order valence-electron chi connectivity index (χ3n) is 10.4. The van der Waals surface area contributed by atoms with Crippen molar-refractivity contribution in [2.45, 2.75) is 83.3 Å². The summed E-state index contributed by atoms with van der Waals surface area (Å²) in [5.41, 5.74) is 22.0. The van der Waals surface area contributed by atoms with Crippen LogP contribution in [0.15, 0.2) is 54.6 Å². The minimum atomic E-state index is -1.27. The van der Waals surface area contributed by atoms with E-state index in [4.69, 9.17) is 31.9 Å². The van der Waals surface area contributed by atoms with Crippen molar-refractivity contribution in [3.8, 4) is 28.7 Å². The topological polar surface area (TPSA) is 257 Å². The number of amides is 5. The number of nitriles is 1. The smallest absolute Gasteiger partial charge is 0.251 e. The number of nitrogens with two attached hydrogens (primary N) is 3. The van der Waals surface area contributed by atoms with Crippen molar-refractivity contribution in [1.29, 1.82) is 5.26 Å². The van der Waals surface area contributed by atoms with Gasteiger partial charge in [-0.3, -0.25) is 24.0 Å². The summed E-state index contributed by atoms with van der Waals surface area (Å²) in [7, 11) is 1.50. The zero-order valence-electron chi connectivity index (χ0n) is 35.5. The van der Waals surface area contributed by atoms with Crippen LogP contribution in [0.5, 0.6) is 11.5 Å². The number of hydrogen-bond acceptors (Lipinski definition) is 11. The van der Waals surface area contributed by atoms with E-state index in [2.05, 4.69) is 28.2 Å². The van der Waals surface area contributed by atoms with Crippen LogP contribution in [0.25, 0.3) is 11.1 Å². The van der Waals surface area contributed by atoms with E-state index < -0.39 is 48.3 Å². The van der Waals surface area contributed by atoms with E-state index >= 15 is 0 Å². The van der Waals surface area contributed by atoms with Crippen molar-refractivity contribution in [3.05, 3.63) is 82.4 Å². The predicted octanol–water partition coefficient (Wildman–Crippen LogP) is 2.29. The molecule has 16 heteroatoms. The third kappa shape index (κ3) is 13.8. The molecule has 1 aliphatic rings. The van der Waals surface area contributed by atoms with Crippen LogP contribution in [0.1, 0.15) is 84.1 Å². The maximum Gasteiger partial charge on any atom is 0.251 e. The Morgan fingerprint density at radius 1 is 0.934 bits per heavy atom. The molecule has 3 unspecified atom stereocenters. The standard InChI is InChI=1S/C45H61N9O7/c1-4-5-8-30-10-13-34(29(2)23-30)43(57)52-33(9-6-7-16-46)27-41(56)54(3)42-32-12-15-39(61-22-19-49)36(26-32)35-24-31(11-14-38(35)60-21-18-48)25-37(44(58)50-20-17-47)53-40(55)28-51-45(42)59/h10-15,23-24,26,33,37,42H,4-9,16,18-22,25,27-28,46,48-49H2,1-3H3,(H,50,58)(H,51,59)(H,52,57)(H,53,55). The van der Waals surface area contributed by atoms with E-state index in [9.17, 15) is 24.0 Å². The third-order valence-corrected chi connectivity index (χ3v) is 10.4. The van der Waals surface area contributed by atoms with E-state index in [0.717, 1.165) is 30.4 Å². The number of aryl methyl sites for hydroxylation is 2. The summed E-state index contributed by atoms with van der Waals surface area (Å²) in [4.78, 5) is 70.2. The molecule has 3 atom stereocenters. The summed E-state index contributed by atoms with van der Waals surface area (Å²) in [6.45, 7) is 4.46. The highest BCUT2D eigenvalue weighted by Gasteiger charge is 2.33. The molecular formula is C45H61N9O7. The molecule has 4 bridgehead atoms. The SMILES string of the molecule is CCCCc1ccc(C(=O)NC(CCCCN)CC(=O)N(C)C2C(=O)NCC(=O)NC(C(=O)NCC#N)Cc3ccc(OCCN)c(c3)-c3cc2ccc3OCCN)c(C)c1. The number of unbranched alkanes of at least 4 members (excludes halogenated alkanes) is 2. The van der Waals surface area contributed by atoms with Gasteiger partial charge in [-0.15, -0.1) is 0 Å². The molecule has 1 aliphatic heterocycles. The van der Waals surface area contributed by atoms with Gasteiger partial charge in [-0.05, 0) is 91.7 Å². The second-order valence-corrected chi connectivity index (χ2v) is 15.1. The minimum absolute atomic E-state index is 0.0342. The van der Waals surface area contributed by atoms with Crippen LogP contribution in [-0.4, -0.2) is 99.5 Å². The molecule has 0 saturated carbocycles. The molecule has 0 aromatic heterocycles. The fraction of sp³-hybridized carbons (Fsp3) is 0.467. The average Bonchev–Trinajstić information content (AvgIpc) is 3.25. The summed E-state index contributed by atoms with van der Waals surface area (Å²) < 4.78 is 12.2. The molecule has 0 fully saturated rings. The Labute approximate surface area is 358 Å². The first kappa shape index (κ1) is 47.7. The Kier molecular flexibility index (Phi) is 19.0. The zero-order valence-corrected chi connectivity index (χ0v) is 35.5. The molecule has 1 heterocycles. The Balaban J connectivity index is 1.77. The van der Waals surface area contributed by atoms with Gasteiger partial charge >= 0.3 is 0 Å². The van der Waals surface area contributed by atoms with Crippen LogP contribution < -0.4 is 47.9 Å². The van der Waals surface area contributed by atoms with Gasteiger partial charge in [0, 0.05) is 55.7 Å². The zero-order chi connectivity index (χ0) is 44.3. The maximum atomic E-state index is 14.4. The van der Waals surface area contributed by atoms with Gasteiger partial charge in [0.25, 0.3) is 5.91 Å². The van der Waals surface area contributed by atoms with Crippen LogP contribution in [-0.2, 0) is 32.0 Å². The number of nitrogens with one attached hydrogen (secondary N) is 4. The van der Waals surface area contributed by atoms with Crippen LogP contribution >= 0.6 is 0 Å². The summed E-state index contributed by atoms with van der Waals surface area (Å²) in [6, 6.07) is 15.0. The number of benzene rings is 3. The monoisotopic (exact) mass is 839 g/mol. The van der Waals surface area contributed by atoms with Crippen molar-refractivity contribution in [2.24, 2.45) is 17.2 Å². The molecule has 5 amide bonds. The molecule has 0 saturated heterocycles. The minimum Gasteiger partial charge on any atom is -0.492 e. The molecule has 61 heavy (non-hydrogen) atoms. The Morgan fingerprint density at radius 2 is 1.64 bits per heavy atom. The second kappa shape index (κ2) is 24.3. The van der Waals surface area contributed by atoms with Gasteiger partial charge in [0.15, 0.2) is 0 Å². The van der Waals surface area contributed by atoms with Crippen LogP contribution in [0, 0.1) is 18.3 Å². The van der Waals surface area contributed by atoms with Gasteiger partial charge < -0.3 is 52.8 Å². The number of fused-ring (bicyclic) bond motifs is 5. The first-order valence-electron chi connectivity index (χ1n) is 20.9. The molecule has 3 aromatic carbocycles. The summed E-state index contributed by atoms with van der Waals surface area (Å²) >= 11 is 0. The second-order valence-electron chi connectivity index (χ2n) is 15.1. The quantitative estimate of drug-likeness (QED) is 0.0642. The highest BCUT2D eigenvalue weighted by Crippen LogP contribution is 2.40. The fourth-order valence-electron chi connectivity index (χ4n) is 7.23. The highest BCUT2D eigenvalue weighted by atomic mass is 16.5. The molecule has 0 aliphatic carbocycles. The van der Waals surface area contributed by atoms with Crippen molar-refractivity contribution in [3.63, 3.8) is 0 Å². The van der Waals surface area contributed by atoms with Gasteiger partial charge in [-0.1, -0.05) is 44.0 Å². The molecular weight excluding hydrogens is 779 g/mol. The Bertz CT molecular complexity index is 2040. The van der Waals surface area contributed by atoms with E-state index in [1.165, 1.54) is 11.9 Å². The normalized spacial score (nSPS) is 15.6. The summed E-state index contributed by atoms with van der Waals surface area (Å²) in [5.74, 6) is -1.84. The molecule has 328 valence electrons. The molecule has 10 N–H and O–H groups in total. The lowest BCUT2D eigenvalue weighted by molar-refractivity contribution is -0.140. The van der Waals surface area contributed by atoms with Crippen molar-refractivity contribution in [1.82, 2.24) is 26.2 Å². The number of nitrogens with zero attached hydrogens (tertiary/aromatic N) is 2. The van der Waals surface area contributed by atoms with E-state index in [-0.39, 0.29) is 51.6 Å². The lowest BCUT2D eigenvalue weighted by Crippen LogP contribution is -2.51. The number of carbonyl (C=O) groups excluding carboxylic acids is 5. The van der Waals surface area contributed by atoms with Gasteiger partial charge in [0.2, 0.25) is 23.6 Å². The van der Waals surface area contributed by atoms with Crippen LogP contribution in [0.2, 0.25) is 0 Å². The van der Waals surface area contributed by atoms with Gasteiger partial charge in [0.1, 0.15) is 43.3 Å². The molecule has 4 rings (SSSR count). The van der Waals surface area contributed by atoms with E-state index in [1.807, 2.05) is 31.2 Å². The summed E-state index contributed by atoms with van der Waals surface area (Å²) in [6.07, 6.45) is 4.74. The largest absolute Gasteiger partial charge is 0.492 e. The first-order valence-corrected chi connectivity index (χ1v) is 20.9. The van der Waals surface area contributed by atoms with E-state index in [0.29, 0.717) is 65.1 Å². The Hall–Kier alpha value is -6.02. The van der Waals surface area contributed by atoms with Crippen molar-refractivity contribution < 1.29 is 33.4 Å². The summed E-state index contributed by atoms with van der Waals surface area (Å²) in [5, 5.41) is 20.0. The Morgan fingerprint density at radius 3 is 2.30 bits per heavy atom. The molecule has 16 nitrogen and oxygen atoms in total. The highest BCUT2D eigenvalue weighted by molar-refractivity contribution is 5.97. The lowest BCUT2D eigenvalue weighted by Gasteiger charge is -2.30.